The molecule has 3 aliphatic rings. The Morgan fingerprint density at radius 2 is 1.90 bits per heavy atom. The summed E-state index contributed by atoms with van der Waals surface area (Å²) in [5.41, 5.74) is 0. The molecule has 3 aliphatic heterocycles. The number of rotatable bonds is 5. The lowest BCUT2D eigenvalue weighted by Gasteiger charge is -2.46. The lowest BCUT2D eigenvalue weighted by atomic mass is 10.1. The number of carbonyl (C=O) groups excluding carboxylic acids is 1. The van der Waals surface area contributed by atoms with Gasteiger partial charge in [-0.1, -0.05) is 18.2 Å². The van der Waals surface area contributed by atoms with Gasteiger partial charge >= 0.3 is 0 Å². The van der Waals surface area contributed by atoms with E-state index in [0.717, 1.165) is 18.6 Å². The molecule has 3 saturated heterocycles. The number of hydrogen-bond donors (Lipinski definition) is 0. The van der Waals surface area contributed by atoms with Gasteiger partial charge in [0.05, 0.1) is 22.8 Å². The van der Waals surface area contributed by atoms with E-state index in [4.69, 9.17) is 9.47 Å². The van der Waals surface area contributed by atoms with Gasteiger partial charge in [0.15, 0.2) is 5.25 Å². The first-order valence-corrected chi connectivity index (χ1v) is 11.9. The van der Waals surface area contributed by atoms with Crippen LogP contribution in [0.25, 0.3) is 0 Å². The first-order chi connectivity index (χ1) is 13.8. The average molecular weight is 423 g/mol. The van der Waals surface area contributed by atoms with Crippen molar-refractivity contribution in [1.82, 2.24) is 9.80 Å². The van der Waals surface area contributed by atoms with E-state index in [1.54, 1.807) is 18.7 Å². The zero-order valence-electron chi connectivity index (χ0n) is 17.1. The number of fused-ring (bicyclic) bond motifs is 1. The summed E-state index contributed by atoms with van der Waals surface area (Å²) in [5.74, 6) is 0.430. The second-order valence-electron chi connectivity index (χ2n) is 8.62. The highest BCUT2D eigenvalue weighted by Gasteiger charge is 2.63. The van der Waals surface area contributed by atoms with E-state index in [2.05, 4.69) is 4.90 Å². The molecule has 0 radical (unpaired) electrons. The molecule has 3 atom stereocenters. The summed E-state index contributed by atoms with van der Waals surface area (Å²) >= 11 is 0. The monoisotopic (exact) mass is 422 g/mol. The Morgan fingerprint density at radius 1 is 1.21 bits per heavy atom. The number of nitrogens with zero attached hydrogens (tertiary/aromatic N) is 2. The fourth-order valence-electron chi connectivity index (χ4n) is 4.78. The van der Waals surface area contributed by atoms with Crippen LogP contribution >= 0.6 is 0 Å². The van der Waals surface area contributed by atoms with Crippen molar-refractivity contribution in [2.75, 3.05) is 39.5 Å². The van der Waals surface area contributed by atoms with Gasteiger partial charge in [-0.05, 0) is 38.8 Å². The second kappa shape index (κ2) is 7.98. The van der Waals surface area contributed by atoms with Gasteiger partial charge in [-0.15, -0.1) is 4.21 Å². The number of carbonyl (C=O) groups is 1. The predicted octanol–water partition coefficient (Wildman–Crippen LogP) is 1.55. The SMILES string of the molecule is CC1(C)C(=O)N(CCOc2ccccc2)[C@H]2CN(C3CCOCC3)C[C@H]2[S+]1(=O)[O-]. The zero-order chi connectivity index (χ0) is 20.6. The quantitative estimate of drug-likeness (QED) is 0.670. The molecule has 1 aromatic carbocycles. The van der Waals surface area contributed by atoms with Gasteiger partial charge in [0.25, 0.3) is 5.91 Å². The Labute approximate surface area is 173 Å². The van der Waals surface area contributed by atoms with Crippen molar-refractivity contribution in [3.05, 3.63) is 30.3 Å². The maximum atomic E-state index is 13.3. The van der Waals surface area contributed by atoms with E-state index in [1.807, 2.05) is 30.3 Å². The molecule has 160 valence electrons. The standard InChI is InChI=1S/C21H30N2O5S/c1-21(2)20(24)23(10-13-28-17-6-4-3-5-7-17)18-14-22(15-19(18)29(21,25)26)16-8-11-27-12-9-16/h3-7,16,18-19H,8-15H2,1-2H3/t18-,19+/m0/s1. The number of para-hydroxylation sites is 1. The number of hydrogen-bond acceptors (Lipinski definition) is 6. The van der Waals surface area contributed by atoms with Crippen LogP contribution in [0, 0.1) is 0 Å². The third-order valence-corrected chi connectivity index (χ3v) is 9.46. The van der Waals surface area contributed by atoms with Gasteiger partial charge in [0.1, 0.15) is 12.4 Å². The number of likely N-dealkylation sites (tertiary alicyclic amines) is 1. The van der Waals surface area contributed by atoms with E-state index in [-0.39, 0.29) is 11.9 Å². The van der Waals surface area contributed by atoms with Crippen LogP contribution in [-0.2, 0) is 24.0 Å². The summed E-state index contributed by atoms with van der Waals surface area (Å²) in [6.45, 7) is 6.32. The van der Waals surface area contributed by atoms with E-state index in [0.29, 0.717) is 45.5 Å². The highest BCUT2D eigenvalue weighted by molar-refractivity contribution is 8.00. The van der Waals surface area contributed by atoms with Crippen molar-refractivity contribution in [2.24, 2.45) is 0 Å². The fraction of sp³-hybridized carbons (Fsp3) is 0.667. The molecule has 0 aliphatic carbocycles. The topological polar surface area (TPSA) is 82.1 Å². The van der Waals surface area contributed by atoms with Gasteiger partial charge in [-0.25, -0.2) is 0 Å². The van der Waals surface area contributed by atoms with E-state index in [1.165, 1.54) is 0 Å². The van der Waals surface area contributed by atoms with Crippen LogP contribution in [-0.4, -0.2) is 81.8 Å². The number of benzene rings is 1. The summed E-state index contributed by atoms with van der Waals surface area (Å²) in [6, 6.07) is 9.47. The van der Waals surface area contributed by atoms with Crippen molar-refractivity contribution in [3.63, 3.8) is 0 Å². The Morgan fingerprint density at radius 3 is 2.59 bits per heavy atom. The van der Waals surface area contributed by atoms with Crippen LogP contribution in [0.1, 0.15) is 26.7 Å². The highest BCUT2D eigenvalue weighted by Crippen LogP contribution is 2.41. The molecule has 0 saturated carbocycles. The predicted molar refractivity (Wildman–Crippen MR) is 110 cm³/mol. The van der Waals surface area contributed by atoms with E-state index >= 15 is 0 Å². The largest absolute Gasteiger partial charge is 0.614 e. The van der Waals surface area contributed by atoms with Gasteiger partial charge in [-0.3, -0.25) is 9.69 Å². The van der Waals surface area contributed by atoms with Crippen molar-refractivity contribution >= 4 is 16.1 Å². The van der Waals surface area contributed by atoms with Crippen LogP contribution in [0.2, 0.25) is 0 Å². The minimum Gasteiger partial charge on any atom is -0.614 e. The molecule has 0 bridgehead atoms. The molecule has 3 fully saturated rings. The molecule has 8 heteroatoms. The van der Waals surface area contributed by atoms with E-state index in [9.17, 15) is 13.6 Å². The molecule has 1 amide bonds. The fourth-order valence-corrected chi connectivity index (χ4v) is 6.93. The molecule has 0 N–H and O–H groups in total. The highest BCUT2D eigenvalue weighted by atomic mass is 32.3. The average Bonchev–Trinajstić information content (AvgIpc) is 3.17. The first-order valence-electron chi connectivity index (χ1n) is 10.4. The maximum Gasteiger partial charge on any atom is 0.278 e. The minimum absolute atomic E-state index is 0.316. The Bertz CT molecular complexity index is 781. The summed E-state index contributed by atoms with van der Waals surface area (Å²) in [5, 5.41) is -0.547. The van der Waals surface area contributed by atoms with Crippen LogP contribution < -0.4 is 4.74 Å². The van der Waals surface area contributed by atoms with Crippen LogP contribution in [0.15, 0.2) is 30.3 Å². The molecular formula is C21H30N2O5S. The molecule has 1 unspecified atom stereocenters. The van der Waals surface area contributed by atoms with Crippen molar-refractivity contribution in [1.29, 1.82) is 0 Å². The van der Waals surface area contributed by atoms with Gasteiger partial charge in [0.2, 0.25) is 4.75 Å². The number of amides is 1. The van der Waals surface area contributed by atoms with Gasteiger partial charge in [-0.2, -0.15) is 0 Å². The second-order valence-corrected chi connectivity index (χ2v) is 11.3. The maximum absolute atomic E-state index is 13.3. The normalized spacial score (nSPS) is 32.9. The molecular weight excluding hydrogens is 392 g/mol. The van der Waals surface area contributed by atoms with Crippen LogP contribution in [0.5, 0.6) is 5.75 Å². The lowest BCUT2D eigenvalue weighted by molar-refractivity contribution is -0.137. The van der Waals surface area contributed by atoms with Crippen LogP contribution in [0.3, 0.4) is 0 Å². The molecule has 29 heavy (non-hydrogen) atoms. The summed E-state index contributed by atoms with van der Waals surface area (Å²) in [4.78, 5) is 17.2. The molecule has 1 aromatic rings. The summed E-state index contributed by atoms with van der Waals surface area (Å²) in [7, 11) is -3.57. The molecule has 0 aromatic heterocycles. The summed E-state index contributed by atoms with van der Waals surface area (Å²) < 4.78 is 36.4. The number of sulfone groups is 1. The first kappa shape index (κ1) is 20.8. The van der Waals surface area contributed by atoms with Crippen molar-refractivity contribution < 1.29 is 23.0 Å². The Hall–Kier alpha value is -1.48. The Balaban J connectivity index is 1.52. The van der Waals surface area contributed by atoms with Gasteiger partial charge < -0.3 is 18.9 Å². The minimum atomic E-state index is -3.57. The third-order valence-electron chi connectivity index (χ3n) is 6.60. The van der Waals surface area contributed by atoms with Crippen molar-refractivity contribution in [3.8, 4) is 5.75 Å². The zero-order valence-corrected chi connectivity index (χ0v) is 17.9. The molecule has 7 nitrogen and oxygen atoms in total. The molecule has 0 spiro atoms. The van der Waals surface area contributed by atoms with Crippen LogP contribution in [0.4, 0.5) is 0 Å². The van der Waals surface area contributed by atoms with Gasteiger partial charge in [0, 0.05) is 32.3 Å². The summed E-state index contributed by atoms with van der Waals surface area (Å²) in [6.07, 6.45) is 1.82. The van der Waals surface area contributed by atoms with Crippen molar-refractivity contribution in [2.45, 2.75) is 48.8 Å². The lowest BCUT2D eigenvalue weighted by Crippen LogP contribution is -2.68. The Kier molecular flexibility index (Phi) is 5.72. The smallest absolute Gasteiger partial charge is 0.278 e. The molecule has 4 rings (SSSR count). The van der Waals surface area contributed by atoms with E-state index < -0.39 is 20.2 Å². The third kappa shape index (κ3) is 3.71. The number of ether oxygens (including phenoxy) is 2. The molecule has 3 heterocycles.